The Bertz CT molecular complexity index is 356. The van der Waals surface area contributed by atoms with Crippen molar-refractivity contribution in [3.8, 4) is 0 Å². The molecular formula is C11H21N3OS. The molecule has 0 atom stereocenters. The number of ether oxygens (including phenoxy) is 1. The Morgan fingerprint density at radius 3 is 2.81 bits per heavy atom. The third-order valence-corrected chi connectivity index (χ3v) is 2.76. The fraction of sp³-hybridized carbons (Fsp3) is 0.818. The summed E-state index contributed by atoms with van der Waals surface area (Å²) in [7, 11) is 0. The van der Waals surface area contributed by atoms with Gasteiger partial charge in [-0.2, -0.15) is 5.10 Å². The Balaban J connectivity index is 2.31. The fourth-order valence-electron chi connectivity index (χ4n) is 1.43. The number of H-pyrrole nitrogens is 1. The summed E-state index contributed by atoms with van der Waals surface area (Å²) in [5.41, 5.74) is 0. The highest BCUT2D eigenvalue weighted by Gasteiger charge is 2.03. The van der Waals surface area contributed by atoms with Gasteiger partial charge in [0.2, 0.25) is 0 Å². The van der Waals surface area contributed by atoms with Crippen molar-refractivity contribution in [3.05, 3.63) is 10.6 Å². The van der Waals surface area contributed by atoms with Crippen LogP contribution in [0.4, 0.5) is 0 Å². The lowest BCUT2D eigenvalue weighted by molar-refractivity contribution is 0.115. The first-order valence-corrected chi connectivity index (χ1v) is 6.27. The lowest BCUT2D eigenvalue weighted by Gasteiger charge is -2.08. The second kappa shape index (κ2) is 6.81. The van der Waals surface area contributed by atoms with E-state index in [0.29, 0.717) is 17.3 Å². The Morgan fingerprint density at radius 1 is 1.44 bits per heavy atom. The van der Waals surface area contributed by atoms with Crippen LogP contribution in [0.3, 0.4) is 0 Å². The summed E-state index contributed by atoms with van der Waals surface area (Å²) in [6.07, 6.45) is 2.00. The lowest BCUT2D eigenvalue weighted by atomic mass is 10.1. The van der Waals surface area contributed by atoms with Gasteiger partial charge in [0.15, 0.2) is 4.77 Å². The average molecular weight is 243 g/mol. The van der Waals surface area contributed by atoms with Gasteiger partial charge in [-0.3, -0.25) is 5.10 Å². The molecule has 0 spiro atoms. The van der Waals surface area contributed by atoms with E-state index in [-0.39, 0.29) is 0 Å². The van der Waals surface area contributed by atoms with Crippen LogP contribution in [0.25, 0.3) is 0 Å². The van der Waals surface area contributed by atoms with E-state index in [1.807, 2.05) is 4.57 Å². The van der Waals surface area contributed by atoms with Crippen molar-refractivity contribution in [1.29, 1.82) is 0 Å². The van der Waals surface area contributed by atoms with Crippen LogP contribution in [0.1, 0.15) is 33.0 Å². The predicted octanol–water partition coefficient (Wildman–Crippen LogP) is 2.57. The molecule has 1 aromatic heterocycles. The highest BCUT2D eigenvalue weighted by atomic mass is 32.1. The largest absolute Gasteiger partial charge is 0.380 e. The molecule has 0 amide bonds. The molecule has 1 heterocycles. The van der Waals surface area contributed by atoms with Crippen LogP contribution in [0.2, 0.25) is 0 Å². The zero-order valence-corrected chi connectivity index (χ0v) is 11.1. The van der Waals surface area contributed by atoms with Gasteiger partial charge in [-0.25, -0.2) is 0 Å². The average Bonchev–Trinajstić information content (AvgIpc) is 2.59. The zero-order valence-electron chi connectivity index (χ0n) is 10.3. The van der Waals surface area contributed by atoms with E-state index >= 15 is 0 Å². The molecule has 0 aliphatic rings. The number of rotatable bonds is 7. The SMILES string of the molecule is CCc1n[nH]c(=S)n1CCOCCC(C)C. The maximum atomic E-state index is 5.56. The molecule has 0 fully saturated rings. The van der Waals surface area contributed by atoms with Crippen LogP contribution in [-0.4, -0.2) is 28.0 Å². The summed E-state index contributed by atoms with van der Waals surface area (Å²) < 4.78 is 8.25. The maximum absolute atomic E-state index is 5.56. The summed E-state index contributed by atoms with van der Waals surface area (Å²) in [5, 5.41) is 6.96. The maximum Gasteiger partial charge on any atom is 0.195 e. The van der Waals surface area contributed by atoms with Crippen molar-refractivity contribution in [3.63, 3.8) is 0 Å². The second-order valence-electron chi connectivity index (χ2n) is 4.25. The molecule has 0 aromatic carbocycles. The Labute approximate surface area is 102 Å². The van der Waals surface area contributed by atoms with Gasteiger partial charge in [0.25, 0.3) is 0 Å². The first-order valence-electron chi connectivity index (χ1n) is 5.87. The summed E-state index contributed by atoms with van der Waals surface area (Å²) in [6.45, 7) is 8.78. The van der Waals surface area contributed by atoms with Gasteiger partial charge >= 0.3 is 0 Å². The van der Waals surface area contributed by atoms with Crippen molar-refractivity contribution in [2.75, 3.05) is 13.2 Å². The number of aryl methyl sites for hydroxylation is 1. The summed E-state index contributed by atoms with van der Waals surface area (Å²) in [6, 6.07) is 0. The van der Waals surface area contributed by atoms with Crippen molar-refractivity contribution in [2.45, 2.75) is 40.2 Å². The standard InChI is InChI=1S/C11H21N3OS/c1-4-10-12-13-11(16)14(10)6-8-15-7-5-9(2)3/h9H,4-8H2,1-3H3,(H,13,16). The smallest absolute Gasteiger partial charge is 0.195 e. The van der Waals surface area contributed by atoms with E-state index in [9.17, 15) is 0 Å². The number of hydrogen-bond donors (Lipinski definition) is 1. The first-order chi connectivity index (χ1) is 7.65. The third kappa shape index (κ3) is 4.06. The molecule has 0 saturated carbocycles. The van der Waals surface area contributed by atoms with Gasteiger partial charge < -0.3 is 9.30 Å². The van der Waals surface area contributed by atoms with Crippen LogP contribution in [0.15, 0.2) is 0 Å². The quantitative estimate of drug-likeness (QED) is 0.591. The molecule has 4 nitrogen and oxygen atoms in total. The fourth-order valence-corrected chi connectivity index (χ4v) is 1.67. The van der Waals surface area contributed by atoms with Gasteiger partial charge in [0, 0.05) is 19.6 Å². The molecule has 0 radical (unpaired) electrons. The van der Waals surface area contributed by atoms with Crippen LogP contribution in [-0.2, 0) is 17.7 Å². The molecule has 0 bridgehead atoms. The minimum absolute atomic E-state index is 0.685. The normalized spacial score (nSPS) is 11.2. The van der Waals surface area contributed by atoms with E-state index in [1.54, 1.807) is 0 Å². The molecule has 5 heteroatoms. The Hall–Kier alpha value is -0.680. The molecule has 1 aromatic rings. The van der Waals surface area contributed by atoms with Gasteiger partial charge in [-0.1, -0.05) is 20.8 Å². The van der Waals surface area contributed by atoms with Gasteiger partial charge in [0.05, 0.1) is 6.61 Å². The molecule has 16 heavy (non-hydrogen) atoms. The van der Waals surface area contributed by atoms with Crippen molar-refractivity contribution in [1.82, 2.24) is 14.8 Å². The number of aromatic amines is 1. The monoisotopic (exact) mass is 243 g/mol. The van der Waals surface area contributed by atoms with E-state index in [0.717, 1.165) is 31.8 Å². The molecule has 0 aliphatic heterocycles. The highest BCUT2D eigenvalue weighted by molar-refractivity contribution is 7.71. The Kier molecular flexibility index (Phi) is 5.69. The number of nitrogens with one attached hydrogen (secondary N) is 1. The third-order valence-electron chi connectivity index (χ3n) is 2.45. The molecule has 1 rings (SSSR count). The molecular weight excluding hydrogens is 222 g/mol. The van der Waals surface area contributed by atoms with Crippen molar-refractivity contribution >= 4 is 12.2 Å². The molecule has 92 valence electrons. The van der Waals surface area contributed by atoms with Crippen molar-refractivity contribution in [2.24, 2.45) is 5.92 Å². The minimum atomic E-state index is 0.685. The topological polar surface area (TPSA) is 42.8 Å². The summed E-state index contributed by atoms with van der Waals surface area (Å²) in [5.74, 6) is 1.69. The van der Waals surface area contributed by atoms with Crippen LogP contribution < -0.4 is 0 Å². The number of nitrogens with zero attached hydrogens (tertiary/aromatic N) is 2. The van der Waals surface area contributed by atoms with E-state index in [1.165, 1.54) is 0 Å². The van der Waals surface area contributed by atoms with E-state index in [2.05, 4.69) is 31.0 Å². The summed E-state index contributed by atoms with van der Waals surface area (Å²) >= 11 is 5.15. The van der Waals surface area contributed by atoms with E-state index < -0.39 is 0 Å². The van der Waals surface area contributed by atoms with E-state index in [4.69, 9.17) is 17.0 Å². The number of aromatic nitrogens is 3. The van der Waals surface area contributed by atoms with Gasteiger partial charge in [-0.15, -0.1) is 0 Å². The summed E-state index contributed by atoms with van der Waals surface area (Å²) in [4.78, 5) is 0. The van der Waals surface area contributed by atoms with Gasteiger partial charge in [-0.05, 0) is 24.6 Å². The molecule has 0 aliphatic carbocycles. The van der Waals surface area contributed by atoms with Crippen LogP contribution >= 0.6 is 12.2 Å². The number of hydrogen-bond acceptors (Lipinski definition) is 3. The Morgan fingerprint density at radius 2 is 2.19 bits per heavy atom. The van der Waals surface area contributed by atoms with Crippen LogP contribution in [0, 0.1) is 10.7 Å². The minimum Gasteiger partial charge on any atom is -0.380 e. The lowest BCUT2D eigenvalue weighted by Crippen LogP contribution is -2.10. The predicted molar refractivity (Wildman–Crippen MR) is 67.1 cm³/mol. The van der Waals surface area contributed by atoms with Gasteiger partial charge in [0.1, 0.15) is 5.82 Å². The van der Waals surface area contributed by atoms with Crippen molar-refractivity contribution < 1.29 is 4.74 Å². The highest BCUT2D eigenvalue weighted by Crippen LogP contribution is 2.01. The second-order valence-corrected chi connectivity index (χ2v) is 4.63. The molecule has 1 N–H and O–H groups in total. The molecule has 0 unspecified atom stereocenters. The van der Waals surface area contributed by atoms with Crippen LogP contribution in [0.5, 0.6) is 0 Å². The first kappa shape index (κ1) is 13.4. The molecule has 0 saturated heterocycles. The zero-order chi connectivity index (χ0) is 12.0.